The number of nitrogens with zero attached hydrogens (tertiary/aromatic N) is 1. The second kappa shape index (κ2) is 11.0. The second-order valence-electron chi connectivity index (χ2n) is 8.18. The molecule has 1 amide bonds. The average molecular weight is 407 g/mol. The van der Waals surface area contributed by atoms with Crippen molar-refractivity contribution in [2.24, 2.45) is 5.92 Å². The first-order valence-electron chi connectivity index (χ1n) is 11.4. The Kier molecular flexibility index (Phi) is 8.06. The topological polar surface area (TPSA) is 55.1 Å². The summed E-state index contributed by atoms with van der Waals surface area (Å²) in [7, 11) is 0. The highest BCUT2D eigenvalue weighted by Gasteiger charge is 2.21. The van der Waals surface area contributed by atoms with Gasteiger partial charge in [0.25, 0.3) is 0 Å². The summed E-state index contributed by atoms with van der Waals surface area (Å²) in [4.78, 5) is 11.5. The van der Waals surface area contributed by atoms with Crippen molar-refractivity contribution in [3.05, 3.63) is 59.3 Å². The largest absolute Gasteiger partial charge is 0.356 e. The lowest BCUT2D eigenvalue weighted by atomic mass is 9.92. The molecular formula is C26H34N2O2. The summed E-state index contributed by atoms with van der Waals surface area (Å²) < 4.78 is 5.46. The third-order valence-corrected chi connectivity index (χ3v) is 5.83. The van der Waals surface area contributed by atoms with Gasteiger partial charge in [-0.25, -0.2) is 0 Å². The summed E-state index contributed by atoms with van der Waals surface area (Å²) in [5.74, 6) is 0.836. The molecule has 2 heterocycles. The molecule has 1 aromatic heterocycles. The molecule has 0 fully saturated rings. The maximum atomic E-state index is 11.5. The Morgan fingerprint density at radius 1 is 1.03 bits per heavy atom. The van der Waals surface area contributed by atoms with E-state index in [4.69, 9.17) is 4.52 Å². The highest BCUT2D eigenvalue weighted by Crippen LogP contribution is 2.31. The molecule has 3 aromatic rings. The van der Waals surface area contributed by atoms with Gasteiger partial charge in [0.05, 0.1) is 12.1 Å². The number of amides is 1. The summed E-state index contributed by atoms with van der Waals surface area (Å²) in [6.07, 6.45) is 8.78. The number of carbonyl (C=O) groups is 1. The number of hydrogen-bond donors (Lipinski definition) is 1. The normalized spacial score (nSPS) is 12.6. The van der Waals surface area contributed by atoms with E-state index in [1.807, 2.05) is 12.1 Å². The maximum Gasteiger partial charge on any atom is 0.228 e. The van der Waals surface area contributed by atoms with Crippen LogP contribution < -0.4 is 5.32 Å². The fraction of sp³-hybridized carbons (Fsp3) is 0.462. The molecule has 4 heteroatoms. The SMILES string of the molecule is CCCC(CCC)CCc1noc2cc3c(cc12)CC(=O)N3.CCc1ccccc1. The number of fused-ring (bicyclic) bond motifs is 2. The highest BCUT2D eigenvalue weighted by molar-refractivity contribution is 6.02. The minimum Gasteiger partial charge on any atom is -0.356 e. The van der Waals surface area contributed by atoms with Crippen LogP contribution in [-0.2, 0) is 24.1 Å². The van der Waals surface area contributed by atoms with Crippen LogP contribution >= 0.6 is 0 Å². The van der Waals surface area contributed by atoms with Gasteiger partial charge in [-0.2, -0.15) is 0 Å². The smallest absolute Gasteiger partial charge is 0.228 e. The van der Waals surface area contributed by atoms with Crippen LogP contribution in [0, 0.1) is 5.92 Å². The van der Waals surface area contributed by atoms with Gasteiger partial charge in [0, 0.05) is 17.1 Å². The van der Waals surface area contributed by atoms with Crippen LogP contribution in [0.1, 0.15) is 69.7 Å². The van der Waals surface area contributed by atoms with Crippen molar-refractivity contribution in [1.29, 1.82) is 0 Å². The van der Waals surface area contributed by atoms with Crippen molar-refractivity contribution in [1.82, 2.24) is 5.16 Å². The Labute approximate surface area is 180 Å². The van der Waals surface area contributed by atoms with E-state index in [1.54, 1.807) is 0 Å². The molecule has 1 N–H and O–H groups in total. The number of rotatable bonds is 8. The molecule has 0 radical (unpaired) electrons. The van der Waals surface area contributed by atoms with Gasteiger partial charge in [-0.3, -0.25) is 4.79 Å². The van der Waals surface area contributed by atoms with Gasteiger partial charge in [0.15, 0.2) is 5.58 Å². The third kappa shape index (κ3) is 5.71. The van der Waals surface area contributed by atoms with Crippen molar-refractivity contribution >= 4 is 22.6 Å². The van der Waals surface area contributed by atoms with E-state index >= 15 is 0 Å². The molecule has 2 aromatic carbocycles. The number of aryl methyl sites for hydroxylation is 2. The van der Waals surface area contributed by atoms with E-state index in [0.29, 0.717) is 6.42 Å². The molecule has 1 aliphatic rings. The van der Waals surface area contributed by atoms with Crippen molar-refractivity contribution in [3.8, 4) is 0 Å². The molecule has 1 aliphatic heterocycles. The summed E-state index contributed by atoms with van der Waals surface area (Å²) in [5.41, 5.74) is 5.15. The number of aromatic nitrogens is 1. The van der Waals surface area contributed by atoms with E-state index < -0.39 is 0 Å². The Bertz CT molecular complexity index is 940. The summed E-state index contributed by atoms with van der Waals surface area (Å²) in [6.45, 7) is 6.66. The quantitative estimate of drug-likeness (QED) is 0.452. The van der Waals surface area contributed by atoms with Gasteiger partial charge in [-0.1, -0.05) is 81.9 Å². The monoisotopic (exact) mass is 406 g/mol. The number of carbonyl (C=O) groups excluding carboxylic acids is 1. The lowest BCUT2D eigenvalue weighted by Gasteiger charge is -2.13. The van der Waals surface area contributed by atoms with Crippen LogP contribution in [0.2, 0.25) is 0 Å². The number of hydrogen-bond acceptors (Lipinski definition) is 3. The number of benzene rings is 2. The lowest BCUT2D eigenvalue weighted by Crippen LogP contribution is -2.03. The third-order valence-electron chi connectivity index (χ3n) is 5.83. The van der Waals surface area contributed by atoms with E-state index in [0.717, 1.165) is 53.1 Å². The first kappa shape index (κ1) is 22.1. The zero-order chi connectivity index (χ0) is 21.3. The average Bonchev–Trinajstić information content (AvgIpc) is 3.33. The van der Waals surface area contributed by atoms with E-state index in [9.17, 15) is 4.79 Å². The fourth-order valence-corrected chi connectivity index (χ4v) is 4.19. The Balaban J connectivity index is 0.000000269. The zero-order valence-corrected chi connectivity index (χ0v) is 18.5. The van der Waals surface area contributed by atoms with Crippen molar-refractivity contribution < 1.29 is 9.32 Å². The molecular weight excluding hydrogens is 372 g/mol. The Morgan fingerprint density at radius 3 is 2.40 bits per heavy atom. The molecule has 0 unspecified atom stereocenters. The van der Waals surface area contributed by atoms with Crippen LogP contribution in [-0.4, -0.2) is 11.1 Å². The van der Waals surface area contributed by atoms with Gasteiger partial charge in [-0.05, 0) is 42.4 Å². The van der Waals surface area contributed by atoms with E-state index in [-0.39, 0.29) is 5.91 Å². The molecule has 0 saturated heterocycles. The zero-order valence-electron chi connectivity index (χ0n) is 18.5. The van der Waals surface area contributed by atoms with Crippen LogP contribution in [0.3, 0.4) is 0 Å². The molecule has 0 atom stereocenters. The Hall–Kier alpha value is -2.62. The van der Waals surface area contributed by atoms with Crippen LogP contribution in [0.25, 0.3) is 11.0 Å². The lowest BCUT2D eigenvalue weighted by molar-refractivity contribution is -0.115. The predicted molar refractivity (Wildman–Crippen MR) is 124 cm³/mol. The van der Waals surface area contributed by atoms with Crippen molar-refractivity contribution in [3.63, 3.8) is 0 Å². The molecule has 160 valence electrons. The van der Waals surface area contributed by atoms with Crippen molar-refractivity contribution in [2.45, 2.75) is 72.1 Å². The molecule has 0 bridgehead atoms. The van der Waals surface area contributed by atoms with Gasteiger partial charge in [0.2, 0.25) is 5.91 Å². The van der Waals surface area contributed by atoms with E-state index in [1.165, 1.54) is 31.2 Å². The Morgan fingerprint density at radius 2 is 1.77 bits per heavy atom. The van der Waals surface area contributed by atoms with Gasteiger partial charge >= 0.3 is 0 Å². The summed E-state index contributed by atoms with van der Waals surface area (Å²) >= 11 is 0. The maximum absolute atomic E-state index is 11.5. The second-order valence-corrected chi connectivity index (χ2v) is 8.18. The number of nitrogens with one attached hydrogen (secondary N) is 1. The molecule has 4 nitrogen and oxygen atoms in total. The summed E-state index contributed by atoms with van der Waals surface area (Å²) in [6, 6.07) is 14.4. The minimum atomic E-state index is 0.0584. The molecule has 0 aliphatic carbocycles. The van der Waals surface area contributed by atoms with Gasteiger partial charge in [-0.15, -0.1) is 0 Å². The first-order valence-corrected chi connectivity index (χ1v) is 11.4. The fourth-order valence-electron chi connectivity index (χ4n) is 4.19. The molecule has 4 rings (SSSR count). The highest BCUT2D eigenvalue weighted by atomic mass is 16.5. The van der Waals surface area contributed by atoms with Crippen LogP contribution in [0.5, 0.6) is 0 Å². The van der Waals surface area contributed by atoms with Gasteiger partial charge < -0.3 is 9.84 Å². The summed E-state index contributed by atoms with van der Waals surface area (Å²) in [5, 5.41) is 8.19. The van der Waals surface area contributed by atoms with Gasteiger partial charge in [0.1, 0.15) is 0 Å². The molecule has 0 spiro atoms. The standard InChI is InChI=1S/C18H24N2O2.C8H10/c1-3-5-12(6-4-2)7-8-15-14-9-13-10-18(21)19-16(13)11-17(14)22-20-15;1-2-8-6-4-3-5-7-8/h9,11-12H,3-8,10H2,1-2H3,(H,19,21);3-7H,2H2,1H3. The number of anilines is 1. The predicted octanol–water partition coefficient (Wildman–Crippen LogP) is 6.72. The van der Waals surface area contributed by atoms with Crippen LogP contribution in [0.4, 0.5) is 5.69 Å². The van der Waals surface area contributed by atoms with E-state index in [2.05, 4.69) is 61.6 Å². The molecule has 0 saturated carbocycles. The van der Waals surface area contributed by atoms with Crippen molar-refractivity contribution in [2.75, 3.05) is 5.32 Å². The van der Waals surface area contributed by atoms with Crippen LogP contribution in [0.15, 0.2) is 47.0 Å². The first-order chi connectivity index (χ1) is 14.6. The molecule has 30 heavy (non-hydrogen) atoms. The minimum absolute atomic E-state index is 0.0584.